The molecular formula is C16H24IN3O. The van der Waals surface area contributed by atoms with Crippen molar-refractivity contribution < 1.29 is 4.79 Å². The van der Waals surface area contributed by atoms with Crippen LogP contribution in [0.5, 0.6) is 0 Å². The van der Waals surface area contributed by atoms with Crippen molar-refractivity contribution in [3.05, 3.63) is 27.8 Å². The van der Waals surface area contributed by atoms with E-state index >= 15 is 0 Å². The van der Waals surface area contributed by atoms with Gasteiger partial charge >= 0.3 is 0 Å². The summed E-state index contributed by atoms with van der Waals surface area (Å²) in [5.41, 5.74) is 0.901. The van der Waals surface area contributed by atoms with Crippen molar-refractivity contribution in [1.29, 1.82) is 0 Å². The molecule has 0 spiro atoms. The van der Waals surface area contributed by atoms with E-state index in [0.29, 0.717) is 18.6 Å². The normalized spacial score (nSPS) is 23.0. The predicted octanol–water partition coefficient (Wildman–Crippen LogP) is 2.69. The van der Waals surface area contributed by atoms with Crippen LogP contribution < -0.4 is 10.6 Å². The first kappa shape index (κ1) is 16.7. The Hall–Kier alpha value is -0.660. The third-order valence-electron chi connectivity index (χ3n) is 4.07. The van der Waals surface area contributed by atoms with Crippen molar-refractivity contribution in [2.75, 3.05) is 25.0 Å². The molecule has 21 heavy (non-hydrogen) atoms. The van der Waals surface area contributed by atoms with Gasteiger partial charge in [-0.3, -0.25) is 9.69 Å². The topological polar surface area (TPSA) is 44.4 Å². The molecule has 116 valence electrons. The molecule has 0 bridgehead atoms. The van der Waals surface area contributed by atoms with Crippen LogP contribution in [0.1, 0.15) is 26.7 Å². The van der Waals surface area contributed by atoms with Crippen LogP contribution in [-0.4, -0.2) is 42.5 Å². The fraction of sp³-hybridized carbons (Fsp3) is 0.562. The van der Waals surface area contributed by atoms with Crippen molar-refractivity contribution in [3.63, 3.8) is 0 Å². The van der Waals surface area contributed by atoms with Crippen molar-refractivity contribution in [2.45, 2.75) is 38.8 Å². The molecule has 0 aromatic heterocycles. The number of nitrogens with one attached hydrogen (secondary N) is 2. The third kappa shape index (κ3) is 4.66. The smallest absolute Gasteiger partial charge is 0.238 e. The maximum Gasteiger partial charge on any atom is 0.238 e. The van der Waals surface area contributed by atoms with E-state index in [1.165, 1.54) is 0 Å². The summed E-state index contributed by atoms with van der Waals surface area (Å²) in [6, 6.07) is 8.83. The van der Waals surface area contributed by atoms with E-state index in [-0.39, 0.29) is 5.91 Å². The number of anilines is 1. The Kier molecular flexibility index (Phi) is 6.44. The average Bonchev–Trinajstić information content (AvgIpc) is 2.49. The predicted molar refractivity (Wildman–Crippen MR) is 95.5 cm³/mol. The first-order valence-electron chi connectivity index (χ1n) is 7.65. The highest BCUT2D eigenvalue weighted by atomic mass is 127. The average molecular weight is 401 g/mol. The number of piperazine rings is 1. The minimum Gasteiger partial charge on any atom is -0.324 e. The second-order valence-corrected chi connectivity index (χ2v) is 6.70. The van der Waals surface area contributed by atoms with Crippen LogP contribution in [0.15, 0.2) is 24.3 Å². The molecule has 1 aliphatic heterocycles. The van der Waals surface area contributed by atoms with Gasteiger partial charge in [0.15, 0.2) is 0 Å². The molecule has 0 aliphatic carbocycles. The number of benzene rings is 1. The molecule has 2 rings (SSSR count). The summed E-state index contributed by atoms with van der Waals surface area (Å²) in [5.74, 6) is 0.0781. The summed E-state index contributed by atoms with van der Waals surface area (Å²) in [5, 5.41) is 6.58. The molecule has 4 nitrogen and oxygen atoms in total. The standard InChI is InChI=1S/C16H24IN3O/c1-3-12-10-20(13(4-2)9-18-12)11-16(21)19-15-8-6-5-7-14(15)17/h5-8,12-13,18H,3-4,9-11H2,1-2H3,(H,19,21). The molecule has 1 amide bonds. The highest BCUT2D eigenvalue weighted by Crippen LogP contribution is 2.17. The van der Waals surface area contributed by atoms with Crippen LogP contribution in [0.2, 0.25) is 0 Å². The Morgan fingerprint density at radius 3 is 2.81 bits per heavy atom. The zero-order valence-corrected chi connectivity index (χ0v) is 14.9. The summed E-state index contributed by atoms with van der Waals surface area (Å²) < 4.78 is 1.07. The molecule has 5 heteroatoms. The molecule has 0 saturated carbocycles. The van der Waals surface area contributed by atoms with Crippen LogP contribution in [-0.2, 0) is 4.79 Å². The number of hydrogen-bond donors (Lipinski definition) is 2. The molecule has 2 N–H and O–H groups in total. The van der Waals surface area contributed by atoms with Gasteiger partial charge in [-0.25, -0.2) is 0 Å². The van der Waals surface area contributed by atoms with Crippen molar-refractivity contribution in [1.82, 2.24) is 10.2 Å². The van der Waals surface area contributed by atoms with Crippen molar-refractivity contribution in [3.8, 4) is 0 Å². The van der Waals surface area contributed by atoms with E-state index in [1.54, 1.807) is 0 Å². The summed E-state index contributed by atoms with van der Waals surface area (Å²) >= 11 is 2.25. The van der Waals surface area contributed by atoms with Gasteiger partial charge in [0.05, 0.1) is 12.2 Å². The largest absolute Gasteiger partial charge is 0.324 e. The van der Waals surface area contributed by atoms with Crippen molar-refractivity contribution in [2.24, 2.45) is 0 Å². The lowest BCUT2D eigenvalue weighted by Crippen LogP contribution is -2.57. The van der Waals surface area contributed by atoms with Gasteiger partial charge in [0.25, 0.3) is 0 Å². The number of hydrogen-bond acceptors (Lipinski definition) is 3. The lowest BCUT2D eigenvalue weighted by atomic mass is 10.1. The van der Waals surface area contributed by atoms with Gasteiger partial charge in [0.2, 0.25) is 5.91 Å². The third-order valence-corrected chi connectivity index (χ3v) is 5.01. The first-order chi connectivity index (χ1) is 10.1. The van der Waals surface area contributed by atoms with Gasteiger partial charge in [-0.2, -0.15) is 0 Å². The second kappa shape index (κ2) is 8.10. The first-order valence-corrected chi connectivity index (χ1v) is 8.73. The fourth-order valence-electron chi connectivity index (χ4n) is 2.73. The molecule has 2 unspecified atom stereocenters. The highest BCUT2D eigenvalue weighted by molar-refractivity contribution is 14.1. The second-order valence-electron chi connectivity index (χ2n) is 5.53. The Bertz CT molecular complexity index is 480. The van der Waals surface area contributed by atoms with E-state index in [0.717, 1.165) is 35.2 Å². The maximum absolute atomic E-state index is 12.3. The van der Waals surface area contributed by atoms with Crippen LogP contribution in [0.25, 0.3) is 0 Å². The zero-order valence-electron chi connectivity index (χ0n) is 12.7. The number of rotatable bonds is 5. The van der Waals surface area contributed by atoms with E-state index < -0.39 is 0 Å². The minimum absolute atomic E-state index is 0.0781. The molecule has 1 aromatic rings. The molecule has 0 radical (unpaired) electrons. The molecule has 1 fully saturated rings. The van der Waals surface area contributed by atoms with Gasteiger partial charge < -0.3 is 10.6 Å². The van der Waals surface area contributed by atoms with E-state index in [2.05, 4.69) is 52.0 Å². The highest BCUT2D eigenvalue weighted by Gasteiger charge is 2.27. The maximum atomic E-state index is 12.3. The minimum atomic E-state index is 0.0781. The summed E-state index contributed by atoms with van der Waals surface area (Å²) in [6.07, 6.45) is 2.17. The molecule has 2 atom stereocenters. The monoisotopic (exact) mass is 401 g/mol. The molecular weight excluding hydrogens is 377 g/mol. The fourth-order valence-corrected chi connectivity index (χ4v) is 3.26. The number of amides is 1. The quantitative estimate of drug-likeness (QED) is 0.746. The lowest BCUT2D eigenvalue weighted by Gasteiger charge is -2.39. The SMILES string of the molecule is CCC1CN(CC(=O)Nc2ccccc2I)C(CC)CN1. The van der Waals surface area contributed by atoms with Crippen LogP contribution in [0, 0.1) is 3.57 Å². The van der Waals surface area contributed by atoms with Gasteiger partial charge in [-0.15, -0.1) is 0 Å². The summed E-state index contributed by atoms with van der Waals surface area (Å²) in [4.78, 5) is 14.6. The lowest BCUT2D eigenvalue weighted by molar-refractivity contribution is -0.118. The van der Waals surface area contributed by atoms with E-state index in [1.807, 2.05) is 24.3 Å². The number of para-hydroxylation sites is 1. The zero-order chi connectivity index (χ0) is 15.2. The molecule has 1 saturated heterocycles. The Labute approximate surface area is 140 Å². The van der Waals surface area contributed by atoms with Gasteiger partial charge in [0, 0.05) is 28.7 Å². The van der Waals surface area contributed by atoms with E-state index in [4.69, 9.17) is 0 Å². The Balaban J connectivity index is 1.95. The van der Waals surface area contributed by atoms with Gasteiger partial charge in [-0.05, 0) is 47.6 Å². The van der Waals surface area contributed by atoms with Crippen LogP contribution in [0.3, 0.4) is 0 Å². The number of carbonyl (C=O) groups is 1. The molecule has 1 aliphatic rings. The number of halogens is 1. The van der Waals surface area contributed by atoms with E-state index in [9.17, 15) is 4.79 Å². The summed E-state index contributed by atoms with van der Waals surface area (Å²) in [7, 11) is 0. The van der Waals surface area contributed by atoms with Gasteiger partial charge in [-0.1, -0.05) is 26.0 Å². The van der Waals surface area contributed by atoms with Crippen LogP contribution in [0.4, 0.5) is 5.69 Å². The Morgan fingerprint density at radius 1 is 1.38 bits per heavy atom. The van der Waals surface area contributed by atoms with Crippen molar-refractivity contribution >= 4 is 34.2 Å². The van der Waals surface area contributed by atoms with Crippen LogP contribution >= 0.6 is 22.6 Å². The number of carbonyl (C=O) groups excluding carboxylic acids is 1. The summed E-state index contributed by atoms with van der Waals surface area (Å²) in [6.45, 7) is 6.78. The molecule has 1 aromatic carbocycles. The number of nitrogens with zero attached hydrogens (tertiary/aromatic N) is 1. The Morgan fingerprint density at radius 2 is 2.14 bits per heavy atom. The molecule has 1 heterocycles. The van der Waals surface area contributed by atoms with Gasteiger partial charge in [0.1, 0.15) is 0 Å².